The van der Waals surface area contributed by atoms with Crippen LogP contribution >= 0.6 is 11.3 Å². The number of imide groups is 1. The first-order valence-electron chi connectivity index (χ1n) is 9.56. The van der Waals surface area contributed by atoms with Gasteiger partial charge in [0.2, 0.25) is 4.96 Å². The number of thiazole rings is 1. The highest BCUT2D eigenvalue weighted by Gasteiger charge is 2.37. The predicted octanol–water partition coefficient (Wildman–Crippen LogP) is 3.77. The Morgan fingerprint density at radius 1 is 1.00 bits per heavy atom. The number of nitrogens with zero attached hydrogens (tertiary/aromatic N) is 4. The van der Waals surface area contributed by atoms with Crippen LogP contribution < -0.4 is 10.2 Å². The minimum atomic E-state index is -0.455. The molecule has 1 N–H and O–H groups in total. The summed E-state index contributed by atoms with van der Waals surface area (Å²) in [4.78, 5) is 44.8. The zero-order valence-electron chi connectivity index (χ0n) is 17.0. The van der Waals surface area contributed by atoms with Crippen molar-refractivity contribution in [2.75, 3.05) is 10.2 Å². The molecule has 0 fully saturated rings. The number of aryl methyl sites for hydroxylation is 3. The van der Waals surface area contributed by atoms with Gasteiger partial charge in [-0.25, -0.2) is 9.42 Å². The average molecular weight is 431 g/mol. The van der Waals surface area contributed by atoms with E-state index in [1.54, 1.807) is 10.6 Å². The molecular weight excluding hydrogens is 414 g/mol. The molecule has 4 aromatic rings. The van der Waals surface area contributed by atoms with Gasteiger partial charge in [0, 0.05) is 10.9 Å². The molecule has 8 nitrogen and oxygen atoms in total. The summed E-state index contributed by atoms with van der Waals surface area (Å²) < 4.78 is 1.65. The van der Waals surface area contributed by atoms with Gasteiger partial charge < -0.3 is 0 Å². The number of rotatable bonds is 3. The van der Waals surface area contributed by atoms with Crippen molar-refractivity contribution in [2.24, 2.45) is 0 Å². The number of fused-ring (bicyclic) bond motifs is 2. The van der Waals surface area contributed by atoms with Crippen LogP contribution in [0.15, 0.2) is 41.8 Å². The lowest BCUT2D eigenvalue weighted by atomic mass is 10.1. The maximum Gasteiger partial charge on any atom is 0.266 e. The van der Waals surface area contributed by atoms with E-state index in [2.05, 4.69) is 15.4 Å². The summed E-state index contributed by atoms with van der Waals surface area (Å²) >= 11 is 1.42. The van der Waals surface area contributed by atoms with Crippen molar-refractivity contribution in [2.45, 2.75) is 20.8 Å². The molecule has 0 saturated carbocycles. The number of carbonyl (C=O) groups excluding carboxylic acids is 3. The van der Waals surface area contributed by atoms with Crippen LogP contribution in [0.25, 0.3) is 4.96 Å². The molecule has 5 rings (SSSR count). The number of carbonyl (C=O) groups is 3. The van der Waals surface area contributed by atoms with Gasteiger partial charge in [0.1, 0.15) is 0 Å². The Morgan fingerprint density at radius 3 is 2.52 bits per heavy atom. The molecule has 1 aliphatic heterocycles. The van der Waals surface area contributed by atoms with Crippen molar-refractivity contribution in [1.29, 1.82) is 0 Å². The van der Waals surface area contributed by atoms with Gasteiger partial charge in [0.05, 0.1) is 22.5 Å². The minimum Gasteiger partial charge on any atom is -0.289 e. The summed E-state index contributed by atoms with van der Waals surface area (Å²) in [6.07, 6.45) is 0. The van der Waals surface area contributed by atoms with Crippen LogP contribution in [0.2, 0.25) is 0 Å². The van der Waals surface area contributed by atoms with E-state index in [1.165, 1.54) is 29.5 Å². The molecule has 9 heteroatoms. The molecule has 0 atom stereocenters. The first-order chi connectivity index (χ1) is 14.8. The monoisotopic (exact) mass is 431 g/mol. The summed E-state index contributed by atoms with van der Waals surface area (Å²) in [5, 5.41) is 8.83. The van der Waals surface area contributed by atoms with Gasteiger partial charge in [0.15, 0.2) is 0 Å². The van der Waals surface area contributed by atoms with Gasteiger partial charge >= 0.3 is 0 Å². The van der Waals surface area contributed by atoms with Crippen LogP contribution in [0.3, 0.4) is 0 Å². The van der Waals surface area contributed by atoms with E-state index in [-0.39, 0.29) is 22.6 Å². The molecule has 2 aromatic heterocycles. The molecule has 0 bridgehead atoms. The molecule has 3 heterocycles. The number of benzene rings is 2. The van der Waals surface area contributed by atoms with Crippen molar-refractivity contribution >= 4 is 45.7 Å². The molecule has 31 heavy (non-hydrogen) atoms. The molecule has 1 aliphatic rings. The van der Waals surface area contributed by atoms with E-state index in [0.717, 1.165) is 21.7 Å². The maximum absolute atomic E-state index is 13.0. The third-order valence-electron chi connectivity index (χ3n) is 5.21. The van der Waals surface area contributed by atoms with Crippen LogP contribution in [-0.4, -0.2) is 32.3 Å². The summed E-state index contributed by atoms with van der Waals surface area (Å²) in [7, 11) is 0. The van der Waals surface area contributed by atoms with Crippen molar-refractivity contribution in [3.63, 3.8) is 0 Å². The van der Waals surface area contributed by atoms with E-state index in [0.29, 0.717) is 10.6 Å². The second-order valence-electron chi connectivity index (χ2n) is 7.46. The Kier molecular flexibility index (Phi) is 4.23. The van der Waals surface area contributed by atoms with Crippen LogP contribution in [-0.2, 0) is 0 Å². The highest BCUT2D eigenvalue weighted by molar-refractivity contribution is 7.15. The predicted molar refractivity (Wildman–Crippen MR) is 117 cm³/mol. The SMILES string of the molecule is Cc1ccc(N2C(=O)c3ccc(C(=O)Nc4nc5scc(C)n5n4)cc3C2=O)c(C)c1. The molecule has 0 aliphatic carbocycles. The zero-order valence-corrected chi connectivity index (χ0v) is 17.8. The molecule has 154 valence electrons. The lowest BCUT2D eigenvalue weighted by Crippen LogP contribution is -2.30. The first-order valence-corrected chi connectivity index (χ1v) is 10.4. The van der Waals surface area contributed by atoms with E-state index in [4.69, 9.17) is 0 Å². The first kappa shape index (κ1) is 19.1. The summed E-state index contributed by atoms with van der Waals surface area (Å²) in [5.41, 5.74) is 4.05. The third-order valence-corrected chi connectivity index (χ3v) is 6.15. The Hall–Kier alpha value is -3.85. The van der Waals surface area contributed by atoms with E-state index >= 15 is 0 Å². The normalized spacial score (nSPS) is 13.2. The van der Waals surface area contributed by atoms with E-state index < -0.39 is 17.7 Å². The Bertz CT molecular complexity index is 1420. The number of amides is 3. The molecule has 2 aromatic carbocycles. The van der Waals surface area contributed by atoms with E-state index in [1.807, 2.05) is 38.3 Å². The third kappa shape index (κ3) is 3.01. The largest absolute Gasteiger partial charge is 0.289 e. The minimum absolute atomic E-state index is 0.180. The Morgan fingerprint density at radius 2 is 1.77 bits per heavy atom. The molecule has 0 unspecified atom stereocenters. The standard InChI is InChI=1S/C22H17N5O3S/c1-11-4-7-17(12(2)8-11)26-19(29)15-6-5-14(9-16(15)20(26)30)18(28)23-21-24-22-27(25-21)13(3)10-31-22/h4-10H,1-3H3,(H,23,25,28). The molecular formula is C22H17N5O3S. The van der Waals surface area contributed by atoms with E-state index in [9.17, 15) is 14.4 Å². The van der Waals surface area contributed by atoms with Crippen LogP contribution in [0, 0.1) is 20.8 Å². The number of anilines is 2. The van der Waals surface area contributed by atoms with Crippen molar-refractivity contribution in [3.05, 3.63) is 75.3 Å². The quantitative estimate of drug-likeness (QED) is 0.498. The fourth-order valence-corrected chi connectivity index (χ4v) is 4.48. The van der Waals surface area contributed by atoms with Gasteiger partial charge in [-0.3, -0.25) is 19.7 Å². The lowest BCUT2D eigenvalue weighted by molar-refractivity contribution is 0.0925. The number of hydrogen-bond acceptors (Lipinski definition) is 6. The van der Waals surface area contributed by atoms with Crippen molar-refractivity contribution in [1.82, 2.24) is 14.6 Å². The smallest absolute Gasteiger partial charge is 0.266 e. The highest BCUT2D eigenvalue weighted by atomic mass is 32.1. The number of hydrogen-bond donors (Lipinski definition) is 1. The van der Waals surface area contributed by atoms with Crippen LogP contribution in [0.1, 0.15) is 47.9 Å². The van der Waals surface area contributed by atoms with Crippen molar-refractivity contribution in [3.8, 4) is 0 Å². The average Bonchev–Trinajstić information content (AvgIpc) is 3.36. The van der Waals surface area contributed by atoms with Crippen LogP contribution in [0.5, 0.6) is 0 Å². The summed E-state index contributed by atoms with van der Waals surface area (Å²) in [5.74, 6) is -1.12. The zero-order chi connectivity index (χ0) is 21.9. The molecule has 0 spiro atoms. The fraction of sp³-hybridized carbons (Fsp3) is 0.136. The highest BCUT2D eigenvalue weighted by Crippen LogP contribution is 2.31. The topological polar surface area (TPSA) is 96.7 Å². The number of aromatic nitrogens is 3. The number of nitrogens with one attached hydrogen (secondary N) is 1. The van der Waals surface area contributed by atoms with Gasteiger partial charge in [-0.15, -0.1) is 16.4 Å². The fourth-order valence-electron chi connectivity index (χ4n) is 3.68. The van der Waals surface area contributed by atoms with Gasteiger partial charge in [-0.05, 0) is 50.6 Å². The lowest BCUT2D eigenvalue weighted by Gasteiger charge is -2.16. The van der Waals surface area contributed by atoms with Gasteiger partial charge in [0.25, 0.3) is 23.7 Å². The summed E-state index contributed by atoms with van der Waals surface area (Å²) in [6, 6.07) is 10.0. The molecule has 0 radical (unpaired) electrons. The maximum atomic E-state index is 13.0. The molecule has 3 amide bonds. The molecule has 0 saturated heterocycles. The Balaban J connectivity index is 1.44. The van der Waals surface area contributed by atoms with Gasteiger partial charge in [-0.1, -0.05) is 17.7 Å². The van der Waals surface area contributed by atoms with Crippen LogP contribution in [0.4, 0.5) is 11.6 Å². The second-order valence-corrected chi connectivity index (χ2v) is 8.29. The Labute approximate surface area is 181 Å². The van der Waals surface area contributed by atoms with Gasteiger partial charge in [-0.2, -0.15) is 4.98 Å². The summed E-state index contributed by atoms with van der Waals surface area (Å²) in [6.45, 7) is 5.70. The van der Waals surface area contributed by atoms with Crippen molar-refractivity contribution < 1.29 is 14.4 Å². The second kappa shape index (κ2) is 6.85.